The number of thioether (sulfide) groups is 1. The van der Waals surface area contributed by atoms with Crippen molar-refractivity contribution in [1.82, 2.24) is 0 Å². The van der Waals surface area contributed by atoms with E-state index in [4.69, 9.17) is 5.73 Å². The number of rotatable bonds is 4. The van der Waals surface area contributed by atoms with Crippen molar-refractivity contribution in [2.45, 2.75) is 43.0 Å². The molecule has 1 fully saturated rings. The van der Waals surface area contributed by atoms with Gasteiger partial charge in [0.1, 0.15) is 0 Å². The first-order valence-corrected chi connectivity index (χ1v) is 8.18. The molecule has 1 aromatic rings. The van der Waals surface area contributed by atoms with Gasteiger partial charge in [0, 0.05) is 21.2 Å². The molecule has 3 heteroatoms. The van der Waals surface area contributed by atoms with E-state index >= 15 is 0 Å². The van der Waals surface area contributed by atoms with Crippen LogP contribution in [-0.2, 0) is 0 Å². The van der Waals surface area contributed by atoms with Crippen molar-refractivity contribution in [3.63, 3.8) is 0 Å². The molecule has 2 rings (SSSR count). The van der Waals surface area contributed by atoms with Crippen LogP contribution in [0.5, 0.6) is 0 Å². The molecule has 2 N–H and O–H groups in total. The Balaban J connectivity index is 1.83. The summed E-state index contributed by atoms with van der Waals surface area (Å²) in [5, 5.41) is 0. The maximum absolute atomic E-state index is 6.31. The van der Waals surface area contributed by atoms with Crippen LogP contribution in [0.4, 0.5) is 0 Å². The molecular weight excluding hydrogens is 294 g/mol. The zero-order valence-electron chi connectivity index (χ0n) is 10.1. The predicted molar refractivity (Wildman–Crippen MR) is 79.4 cm³/mol. The van der Waals surface area contributed by atoms with Crippen molar-refractivity contribution in [1.29, 1.82) is 0 Å². The summed E-state index contributed by atoms with van der Waals surface area (Å²) in [5.74, 6) is 1.78. The smallest absolute Gasteiger partial charge is 0.0311 e. The summed E-state index contributed by atoms with van der Waals surface area (Å²) < 4.78 is 1.18. The van der Waals surface area contributed by atoms with Crippen LogP contribution >= 0.6 is 27.7 Å². The van der Waals surface area contributed by atoms with Crippen LogP contribution in [0.1, 0.15) is 32.1 Å². The fourth-order valence-electron chi connectivity index (χ4n) is 2.45. The van der Waals surface area contributed by atoms with Crippen molar-refractivity contribution in [2.75, 3.05) is 5.75 Å². The second kappa shape index (κ2) is 6.81. The lowest BCUT2D eigenvalue weighted by molar-refractivity contribution is 0.319. The Kier molecular flexibility index (Phi) is 5.39. The first kappa shape index (κ1) is 13.4. The fraction of sp³-hybridized carbons (Fsp3) is 0.571. The molecule has 1 saturated carbocycles. The molecule has 0 aliphatic heterocycles. The SMILES string of the molecule is NC(CSc1ccccc1Br)C1CCCCC1. The maximum Gasteiger partial charge on any atom is 0.0311 e. The first-order valence-electron chi connectivity index (χ1n) is 6.40. The summed E-state index contributed by atoms with van der Waals surface area (Å²) in [6, 6.07) is 8.73. The van der Waals surface area contributed by atoms with Crippen molar-refractivity contribution in [3.8, 4) is 0 Å². The number of nitrogens with two attached hydrogens (primary N) is 1. The lowest BCUT2D eigenvalue weighted by atomic mass is 9.85. The Morgan fingerprint density at radius 2 is 1.94 bits per heavy atom. The van der Waals surface area contributed by atoms with E-state index in [2.05, 4.69) is 40.2 Å². The molecule has 17 heavy (non-hydrogen) atoms. The van der Waals surface area contributed by atoms with Crippen LogP contribution in [0.25, 0.3) is 0 Å². The van der Waals surface area contributed by atoms with Gasteiger partial charge in [-0.2, -0.15) is 0 Å². The van der Waals surface area contributed by atoms with E-state index in [1.54, 1.807) is 0 Å². The summed E-state index contributed by atoms with van der Waals surface area (Å²) >= 11 is 5.46. The molecule has 1 unspecified atom stereocenters. The Bertz CT molecular complexity index is 350. The molecule has 1 atom stereocenters. The van der Waals surface area contributed by atoms with Gasteiger partial charge >= 0.3 is 0 Å². The molecule has 1 aliphatic carbocycles. The second-order valence-corrected chi connectivity index (χ2v) is 6.72. The van der Waals surface area contributed by atoms with Crippen molar-refractivity contribution in [3.05, 3.63) is 28.7 Å². The number of benzene rings is 1. The molecule has 1 aliphatic rings. The highest BCUT2D eigenvalue weighted by atomic mass is 79.9. The van der Waals surface area contributed by atoms with E-state index in [-0.39, 0.29) is 0 Å². The Labute approximate surface area is 117 Å². The standard InChI is InChI=1S/C14H20BrNS/c15-12-8-4-5-9-14(12)17-10-13(16)11-6-2-1-3-7-11/h4-5,8-9,11,13H,1-3,6-7,10,16H2. The average Bonchev–Trinajstić information content (AvgIpc) is 2.38. The molecule has 94 valence electrons. The second-order valence-electron chi connectivity index (χ2n) is 4.80. The summed E-state index contributed by atoms with van der Waals surface area (Å²) in [7, 11) is 0. The monoisotopic (exact) mass is 313 g/mol. The number of hydrogen-bond donors (Lipinski definition) is 1. The van der Waals surface area contributed by atoms with E-state index in [1.165, 1.54) is 41.5 Å². The molecule has 0 aromatic heterocycles. The zero-order chi connectivity index (χ0) is 12.1. The van der Waals surface area contributed by atoms with Crippen molar-refractivity contribution < 1.29 is 0 Å². The molecule has 0 bridgehead atoms. The summed E-state index contributed by atoms with van der Waals surface area (Å²) in [5.41, 5.74) is 6.31. The summed E-state index contributed by atoms with van der Waals surface area (Å²) in [6.07, 6.45) is 6.81. The maximum atomic E-state index is 6.31. The van der Waals surface area contributed by atoms with Gasteiger partial charge in [0.05, 0.1) is 0 Å². The zero-order valence-corrected chi connectivity index (χ0v) is 12.5. The minimum absolute atomic E-state index is 0.354. The minimum atomic E-state index is 0.354. The van der Waals surface area contributed by atoms with Gasteiger partial charge in [-0.3, -0.25) is 0 Å². The third-order valence-electron chi connectivity index (χ3n) is 3.52. The largest absolute Gasteiger partial charge is 0.327 e. The third kappa shape index (κ3) is 4.01. The number of hydrogen-bond acceptors (Lipinski definition) is 2. The van der Waals surface area contributed by atoms with Gasteiger partial charge in [-0.25, -0.2) is 0 Å². The van der Waals surface area contributed by atoms with Gasteiger partial charge < -0.3 is 5.73 Å². The van der Waals surface area contributed by atoms with Gasteiger partial charge in [0.15, 0.2) is 0 Å². The molecule has 0 heterocycles. The van der Waals surface area contributed by atoms with E-state index in [1.807, 2.05) is 11.8 Å². The molecule has 1 nitrogen and oxygen atoms in total. The quantitative estimate of drug-likeness (QED) is 0.831. The van der Waals surface area contributed by atoms with Crippen LogP contribution in [0.15, 0.2) is 33.6 Å². The summed E-state index contributed by atoms with van der Waals surface area (Å²) in [6.45, 7) is 0. The Hall–Kier alpha value is 0.01000. The first-order chi connectivity index (χ1) is 8.27. The molecule has 0 amide bonds. The van der Waals surface area contributed by atoms with Gasteiger partial charge in [0.2, 0.25) is 0 Å². The average molecular weight is 314 g/mol. The van der Waals surface area contributed by atoms with Crippen LogP contribution in [0.2, 0.25) is 0 Å². The normalized spacial score (nSPS) is 19.2. The molecule has 1 aromatic carbocycles. The molecular formula is C14H20BrNS. The third-order valence-corrected chi connectivity index (χ3v) is 5.70. The molecule has 0 spiro atoms. The lowest BCUT2D eigenvalue weighted by Gasteiger charge is -2.27. The highest BCUT2D eigenvalue weighted by molar-refractivity contribution is 9.10. The van der Waals surface area contributed by atoms with Gasteiger partial charge in [-0.05, 0) is 46.8 Å². The predicted octanol–water partition coefficient (Wildman–Crippen LogP) is 4.45. The molecule has 0 radical (unpaired) electrons. The van der Waals surface area contributed by atoms with Crippen LogP contribution < -0.4 is 5.73 Å². The van der Waals surface area contributed by atoms with E-state index in [0.29, 0.717) is 6.04 Å². The summed E-state index contributed by atoms with van der Waals surface area (Å²) in [4.78, 5) is 1.30. The highest BCUT2D eigenvalue weighted by Gasteiger charge is 2.20. The van der Waals surface area contributed by atoms with Gasteiger partial charge in [-0.15, -0.1) is 11.8 Å². The van der Waals surface area contributed by atoms with E-state index < -0.39 is 0 Å². The number of halogens is 1. The Morgan fingerprint density at radius 3 is 2.65 bits per heavy atom. The lowest BCUT2D eigenvalue weighted by Crippen LogP contribution is -2.33. The van der Waals surface area contributed by atoms with Crippen LogP contribution in [-0.4, -0.2) is 11.8 Å². The van der Waals surface area contributed by atoms with Crippen LogP contribution in [0.3, 0.4) is 0 Å². The van der Waals surface area contributed by atoms with Crippen molar-refractivity contribution >= 4 is 27.7 Å². The van der Waals surface area contributed by atoms with Gasteiger partial charge in [-0.1, -0.05) is 31.4 Å². The van der Waals surface area contributed by atoms with E-state index in [9.17, 15) is 0 Å². The van der Waals surface area contributed by atoms with Crippen LogP contribution in [0, 0.1) is 5.92 Å². The fourth-order valence-corrected chi connectivity index (χ4v) is 4.10. The Morgan fingerprint density at radius 1 is 1.24 bits per heavy atom. The minimum Gasteiger partial charge on any atom is -0.327 e. The topological polar surface area (TPSA) is 26.0 Å². The van der Waals surface area contributed by atoms with Gasteiger partial charge in [0.25, 0.3) is 0 Å². The van der Waals surface area contributed by atoms with Crippen molar-refractivity contribution in [2.24, 2.45) is 11.7 Å². The highest BCUT2D eigenvalue weighted by Crippen LogP contribution is 2.31. The molecule has 0 saturated heterocycles. The van der Waals surface area contributed by atoms with E-state index in [0.717, 1.165) is 11.7 Å².